The van der Waals surface area contributed by atoms with Crippen LogP contribution in [0.2, 0.25) is 0 Å². The number of carboxylic acid groups (broad SMARTS) is 1. The number of sulfonamides is 1. The molecule has 0 spiro atoms. The van der Waals surface area contributed by atoms with Crippen LogP contribution >= 0.6 is 0 Å². The molecule has 2 rings (SSSR count). The van der Waals surface area contributed by atoms with Gasteiger partial charge in [-0.2, -0.15) is 8.42 Å². The molecule has 1 aromatic carbocycles. The molecule has 0 fully saturated rings. The summed E-state index contributed by atoms with van der Waals surface area (Å²) in [7, 11) is -3.72. The summed E-state index contributed by atoms with van der Waals surface area (Å²) in [6, 6.07) is 6.21. The first-order valence-corrected chi connectivity index (χ1v) is 7.57. The van der Waals surface area contributed by atoms with E-state index >= 15 is 0 Å². The average molecular weight is 309 g/mol. The highest BCUT2D eigenvalue weighted by Crippen LogP contribution is 2.25. The van der Waals surface area contributed by atoms with E-state index in [1.165, 1.54) is 24.7 Å². The van der Waals surface area contributed by atoms with Gasteiger partial charge in [0.15, 0.2) is 5.03 Å². The highest BCUT2D eigenvalue weighted by molar-refractivity contribution is 7.92. The number of aliphatic carboxylic acids is 1. The second-order valence-corrected chi connectivity index (χ2v) is 6.68. The van der Waals surface area contributed by atoms with Crippen molar-refractivity contribution in [2.24, 2.45) is 0 Å². The third kappa shape index (κ3) is 3.05. The molecule has 0 atom stereocenters. The molecule has 112 valence electrons. The number of H-pyrrole nitrogens is 1. The Bertz CT molecular complexity index is 734. The zero-order chi connectivity index (χ0) is 15.7. The molecular weight excluding hydrogens is 294 g/mol. The minimum absolute atomic E-state index is 0.0440. The van der Waals surface area contributed by atoms with Crippen LogP contribution in [0.5, 0.6) is 0 Å². The third-order valence-electron chi connectivity index (χ3n) is 3.16. The number of nitrogens with zero attached hydrogens (tertiary/aromatic N) is 1. The molecule has 0 amide bonds. The van der Waals surface area contributed by atoms with Gasteiger partial charge in [0.1, 0.15) is 0 Å². The maximum absolute atomic E-state index is 12.0. The van der Waals surface area contributed by atoms with Crippen LogP contribution in [0.15, 0.2) is 41.8 Å². The van der Waals surface area contributed by atoms with Gasteiger partial charge in [0.2, 0.25) is 0 Å². The van der Waals surface area contributed by atoms with E-state index in [9.17, 15) is 13.2 Å². The number of rotatable bonds is 5. The molecule has 7 nitrogen and oxygen atoms in total. The number of imidazole rings is 1. The maximum atomic E-state index is 12.0. The fourth-order valence-corrected chi connectivity index (χ4v) is 2.64. The van der Waals surface area contributed by atoms with Gasteiger partial charge in [0.25, 0.3) is 10.0 Å². The van der Waals surface area contributed by atoms with Crippen molar-refractivity contribution in [1.29, 1.82) is 0 Å². The summed E-state index contributed by atoms with van der Waals surface area (Å²) >= 11 is 0. The zero-order valence-electron chi connectivity index (χ0n) is 11.5. The molecule has 8 heteroatoms. The Labute approximate surface area is 122 Å². The first kappa shape index (κ1) is 15.0. The van der Waals surface area contributed by atoms with Crippen LogP contribution in [0.1, 0.15) is 19.4 Å². The van der Waals surface area contributed by atoms with Crippen molar-refractivity contribution in [2.45, 2.75) is 24.3 Å². The van der Waals surface area contributed by atoms with Gasteiger partial charge >= 0.3 is 5.97 Å². The Morgan fingerprint density at radius 2 is 1.90 bits per heavy atom. The minimum Gasteiger partial charge on any atom is -0.481 e. The third-order valence-corrected chi connectivity index (χ3v) is 4.46. The summed E-state index contributed by atoms with van der Waals surface area (Å²) in [6.45, 7) is 3.16. The standard InChI is InChI=1S/C13H15N3O4S/c1-13(2,12(17)18)9-3-5-10(6-4-9)16-21(19,20)11-7-14-8-15-11/h3-8,16H,1-2H3,(H,14,15)(H,17,18). The number of anilines is 1. The molecule has 1 aromatic heterocycles. The Morgan fingerprint density at radius 3 is 2.38 bits per heavy atom. The van der Waals surface area contributed by atoms with E-state index in [0.29, 0.717) is 11.3 Å². The van der Waals surface area contributed by atoms with Gasteiger partial charge in [-0.3, -0.25) is 9.52 Å². The van der Waals surface area contributed by atoms with Gasteiger partial charge in [-0.05, 0) is 31.5 Å². The molecular formula is C13H15N3O4S. The fourth-order valence-electron chi connectivity index (χ4n) is 1.68. The first-order valence-electron chi connectivity index (χ1n) is 6.08. The topological polar surface area (TPSA) is 112 Å². The molecule has 0 unspecified atom stereocenters. The molecule has 0 aliphatic carbocycles. The van der Waals surface area contributed by atoms with E-state index in [2.05, 4.69) is 14.7 Å². The number of aromatic amines is 1. The van der Waals surface area contributed by atoms with Gasteiger partial charge in [0, 0.05) is 5.69 Å². The second-order valence-electron chi connectivity index (χ2n) is 5.03. The summed E-state index contributed by atoms with van der Waals surface area (Å²) in [5.41, 5.74) is -0.116. The Kier molecular flexibility index (Phi) is 3.73. The van der Waals surface area contributed by atoms with E-state index in [4.69, 9.17) is 5.11 Å². The van der Waals surface area contributed by atoms with E-state index in [0.717, 1.165) is 0 Å². The predicted molar refractivity (Wildman–Crippen MR) is 76.5 cm³/mol. The van der Waals surface area contributed by atoms with Gasteiger partial charge < -0.3 is 10.1 Å². The van der Waals surface area contributed by atoms with Crippen LogP contribution in [0.25, 0.3) is 0 Å². The van der Waals surface area contributed by atoms with Gasteiger partial charge in [-0.25, -0.2) is 4.98 Å². The highest BCUT2D eigenvalue weighted by Gasteiger charge is 2.29. The number of nitrogens with one attached hydrogen (secondary N) is 2. The van der Waals surface area contributed by atoms with Crippen LogP contribution in [0, 0.1) is 0 Å². The van der Waals surface area contributed by atoms with Crippen molar-refractivity contribution >= 4 is 21.7 Å². The van der Waals surface area contributed by atoms with Crippen molar-refractivity contribution in [1.82, 2.24) is 9.97 Å². The van der Waals surface area contributed by atoms with E-state index in [1.807, 2.05) is 0 Å². The van der Waals surface area contributed by atoms with Crippen LogP contribution < -0.4 is 4.72 Å². The van der Waals surface area contributed by atoms with E-state index < -0.39 is 21.4 Å². The first-order chi connectivity index (χ1) is 9.73. The molecule has 0 saturated carbocycles. The van der Waals surface area contributed by atoms with Crippen LogP contribution in [-0.4, -0.2) is 29.5 Å². The quantitative estimate of drug-likeness (QED) is 0.776. The summed E-state index contributed by atoms with van der Waals surface area (Å²) in [5, 5.41) is 9.11. The molecule has 0 aliphatic rings. The van der Waals surface area contributed by atoms with Crippen molar-refractivity contribution < 1.29 is 18.3 Å². The van der Waals surface area contributed by atoms with Crippen LogP contribution in [-0.2, 0) is 20.2 Å². The predicted octanol–water partition coefficient (Wildman–Crippen LogP) is 1.57. The largest absolute Gasteiger partial charge is 0.481 e. The molecule has 21 heavy (non-hydrogen) atoms. The number of carboxylic acids is 1. The van der Waals surface area contributed by atoms with Gasteiger partial charge in [-0.15, -0.1) is 0 Å². The van der Waals surface area contributed by atoms with Crippen molar-refractivity contribution in [3.8, 4) is 0 Å². The average Bonchev–Trinajstić information content (AvgIpc) is 2.93. The Hall–Kier alpha value is -2.35. The molecule has 0 radical (unpaired) electrons. The number of hydrogen-bond donors (Lipinski definition) is 3. The van der Waals surface area contributed by atoms with Crippen molar-refractivity contribution in [2.75, 3.05) is 4.72 Å². The van der Waals surface area contributed by atoms with Crippen molar-refractivity contribution in [3.63, 3.8) is 0 Å². The number of aromatic nitrogens is 2. The van der Waals surface area contributed by atoms with E-state index in [-0.39, 0.29) is 5.03 Å². The lowest BCUT2D eigenvalue weighted by molar-refractivity contribution is -0.142. The summed E-state index contributed by atoms with van der Waals surface area (Å²) in [4.78, 5) is 17.3. The fraction of sp³-hybridized carbons (Fsp3) is 0.231. The maximum Gasteiger partial charge on any atom is 0.313 e. The lowest BCUT2D eigenvalue weighted by Crippen LogP contribution is -2.28. The number of hydrogen-bond acceptors (Lipinski definition) is 4. The Morgan fingerprint density at radius 1 is 1.29 bits per heavy atom. The van der Waals surface area contributed by atoms with E-state index in [1.54, 1.807) is 26.0 Å². The summed E-state index contributed by atoms with van der Waals surface area (Å²) in [6.07, 6.45) is 2.47. The molecule has 0 saturated heterocycles. The molecule has 3 N–H and O–H groups in total. The lowest BCUT2D eigenvalue weighted by atomic mass is 9.85. The number of benzene rings is 1. The van der Waals surface area contributed by atoms with Crippen molar-refractivity contribution in [3.05, 3.63) is 42.4 Å². The smallest absolute Gasteiger partial charge is 0.313 e. The molecule has 1 heterocycles. The zero-order valence-corrected chi connectivity index (χ0v) is 12.3. The molecule has 0 bridgehead atoms. The summed E-state index contributed by atoms with van der Waals surface area (Å²) < 4.78 is 26.3. The van der Waals surface area contributed by atoms with Gasteiger partial charge in [-0.1, -0.05) is 12.1 Å². The SMILES string of the molecule is CC(C)(C(=O)O)c1ccc(NS(=O)(=O)c2cnc[nH]2)cc1. The monoisotopic (exact) mass is 309 g/mol. The number of carbonyl (C=O) groups is 1. The van der Waals surface area contributed by atoms with Gasteiger partial charge in [0.05, 0.1) is 17.9 Å². The highest BCUT2D eigenvalue weighted by atomic mass is 32.2. The lowest BCUT2D eigenvalue weighted by Gasteiger charge is -2.19. The van der Waals surface area contributed by atoms with Crippen LogP contribution in [0.4, 0.5) is 5.69 Å². The molecule has 0 aliphatic heterocycles. The summed E-state index contributed by atoms with van der Waals surface area (Å²) in [5.74, 6) is -0.951. The Balaban J connectivity index is 2.23. The minimum atomic E-state index is -3.72. The second kappa shape index (κ2) is 5.21. The normalized spacial score (nSPS) is 12.1. The molecule has 2 aromatic rings. The van der Waals surface area contributed by atoms with Crippen LogP contribution in [0.3, 0.4) is 0 Å².